The molecule has 0 atom stereocenters. The van der Waals surface area contributed by atoms with Crippen molar-refractivity contribution >= 4 is 101 Å². The Kier molecular flexibility index (Phi) is 18.3. The molecule has 4 nitrogen and oxygen atoms in total. The maximum Gasteiger partial charge on any atom is 0.252 e. The van der Waals surface area contributed by atoms with E-state index >= 15 is 0 Å². The lowest BCUT2D eigenvalue weighted by Crippen LogP contribution is -2.61. The van der Waals surface area contributed by atoms with Crippen LogP contribution in [0.5, 0.6) is 0 Å². The average Bonchev–Trinajstić information content (AvgIpc) is 1.37. The number of anilines is 6. The Labute approximate surface area is 724 Å². The van der Waals surface area contributed by atoms with Gasteiger partial charge in [0.25, 0.3) is 6.71 Å². The van der Waals surface area contributed by atoms with E-state index in [-0.39, 0.29) is 17.5 Å². The maximum atomic E-state index is 2.77. The third kappa shape index (κ3) is 13.3. The minimum Gasteiger partial charge on any atom is -0.310 e. The fraction of sp³-hybridized carbons (Fsp3) is 0.136. The Morgan fingerprint density at radius 3 is 0.780 bits per heavy atom. The first-order chi connectivity index (χ1) is 59.5. The highest BCUT2D eigenvalue weighted by atomic mass is 15.2. The molecule has 594 valence electrons. The molecule has 0 saturated heterocycles. The largest absolute Gasteiger partial charge is 0.310 e. The van der Waals surface area contributed by atoms with Gasteiger partial charge in [0.2, 0.25) is 0 Å². The molecule has 0 radical (unpaired) electrons. The van der Waals surface area contributed by atoms with Crippen molar-refractivity contribution in [2.24, 2.45) is 0 Å². The van der Waals surface area contributed by atoms with Gasteiger partial charge in [-0.15, -0.1) is 0 Å². The number of aryl methyl sites for hydroxylation is 4. The molecule has 5 heteroatoms. The first-order valence-corrected chi connectivity index (χ1v) is 43.6. The molecule has 2 aromatic heterocycles. The maximum absolute atomic E-state index is 2.77. The second kappa shape index (κ2) is 29.4. The molecule has 19 aromatic rings. The monoisotopic (exact) mass is 1580 g/mol. The van der Waals surface area contributed by atoms with Crippen LogP contribution in [0.15, 0.2) is 364 Å². The second-order valence-corrected chi connectivity index (χ2v) is 37.6. The topological polar surface area (TPSA) is 16.3 Å². The number of benzene rings is 17. The Bertz CT molecular complexity index is 6910. The van der Waals surface area contributed by atoms with Crippen LogP contribution in [0, 0.1) is 27.7 Å². The highest BCUT2D eigenvalue weighted by Gasteiger charge is 2.47. The minimum absolute atomic E-state index is 0.266. The Morgan fingerprint density at radius 1 is 0.211 bits per heavy atom. The first kappa shape index (κ1) is 76.4. The van der Waals surface area contributed by atoms with E-state index in [2.05, 4.69) is 473 Å². The van der Waals surface area contributed by atoms with E-state index in [1.54, 1.807) is 0 Å². The number of hydrogen-bond donors (Lipinski definition) is 0. The second-order valence-electron chi connectivity index (χ2n) is 37.6. The van der Waals surface area contributed by atoms with Crippen LogP contribution in [-0.4, -0.2) is 15.8 Å². The lowest BCUT2D eigenvalue weighted by atomic mass is 9.33. The van der Waals surface area contributed by atoms with Crippen LogP contribution < -0.4 is 26.2 Å². The van der Waals surface area contributed by atoms with Gasteiger partial charge in [-0.25, -0.2) is 0 Å². The Hall–Kier alpha value is -14.0. The van der Waals surface area contributed by atoms with Crippen molar-refractivity contribution in [3.8, 4) is 100 Å². The van der Waals surface area contributed by atoms with E-state index < -0.39 is 5.41 Å². The molecule has 17 aromatic carbocycles. The van der Waals surface area contributed by atoms with Crippen molar-refractivity contribution in [2.75, 3.05) is 9.80 Å². The molecule has 0 saturated carbocycles. The third-order valence-electron chi connectivity index (χ3n) is 26.1. The van der Waals surface area contributed by atoms with Gasteiger partial charge in [0.15, 0.2) is 0 Å². The van der Waals surface area contributed by atoms with Crippen molar-refractivity contribution in [3.05, 3.63) is 403 Å². The lowest BCUT2D eigenvalue weighted by molar-refractivity contribution is 0.590. The SMILES string of the molecule is Cc1ccc2c(c1)c1cc(C)ccc1n2-c1ccc2c(c1)N(c1c(-c3ccccc3)cc(C(C)(C)C)cc1-c1cccc(-c3cccc(-c4ccccc4)c3)c1)c1cc(C(C)(C)C)cc3c1B2c1ccc(-n2c4ccc(C)cc4c4cc(C)ccc42)cc1N3c1c(-c2ccccc2)cc(C(C)(C)C)cc1-c1cccc(-c2cccc(-c3ccccc3)c2)c1. The number of nitrogens with zero attached hydrogens (tertiary/aromatic N) is 4. The van der Waals surface area contributed by atoms with Crippen LogP contribution in [0.4, 0.5) is 34.1 Å². The molecule has 0 aliphatic carbocycles. The van der Waals surface area contributed by atoms with Gasteiger partial charge in [-0.2, -0.15) is 0 Å². The van der Waals surface area contributed by atoms with Gasteiger partial charge < -0.3 is 18.9 Å². The molecule has 123 heavy (non-hydrogen) atoms. The molecule has 21 rings (SSSR count). The summed E-state index contributed by atoms with van der Waals surface area (Å²) in [5, 5.41) is 4.97. The van der Waals surface area contributed by atoms with Crippen molar-refractivity contribution in [2.45, 2.75) is 106 Å². The zero-order chi connectivity index (χ0) is 84.1. The van der Waals surface area contributed by atoms with Gasteiger partial charge >= 0.3 is 0 Å². The quantitative estimate of drug-likeness (QED) is 0.113. The van der Waals surface area contributed by atoms with Crippen LogP contribution in [0.3, 0.4) is 0 Å². The predicted molar refractivity (Wildman–Crippen MR) is 528 cm³/mol. The summed E-state index contributed by atoms with van der Waals surface area (Å²) in [7, 11) is 0. The van der Waals surface area contributed by atoms with Gasteiger partial charge in [-0.1, -0.05) is 315 Å². The zero-order valence-corrected chi connectivity index (χ0v) is 72.5. The fourth-order valence-electron chi connectivity index (χ4n) is 19.7. The van der Waals surface area contributed by atoms with Crippen molar-refractivity contribution in [1.82, 2.24) is 9.13 Å². The summed E-state index contributed by atoms with van der Waals surface area (Å²) in [5.74, 6) is 0. The Morgan fingerprint density at radius 2 is 0.472 bits per heavy atom. The van der Waals surface area contributed by atoms with E-state index in [0.29, 0.717) is 0 Å². The number of fused-ring (bicyclic) bond motifs is 10. The molecule has 0 unspecified atom stereocenters. The normalized spacial score (nSPS) is 12.7. The summed E-state index contributed by atoms with van der Waals surface area (Å²) >= 11 is 0. The highest BCUT2D eigenvalue weighted by Crippen LogP contribution is 2.57. The molecule has 0 amide bonds. The average molecular weight is 1580 g/mol. The third-order valence-corrected chi connectivity index (χ3v) is 26.1. The van der Waals surface area contributed by atoms with Crippen molar-refractivity contribution in [1.29, 1.82) is 0 Å². The molecule has 2 aliphatic rings. The molecule has 0 spiro atoms. The predicted octanol–water partition coefficient (Wildman–Crippen LogP) is 30.4. The van der Waals surface area contributed by atoms with Crippen LogP contribution >= 0.6 is 0 Å². The number of rotatable bonds is 12. The first-order valence-electron chi connectivity index (χ1n) is 43.6. The minimum atomic E-state index is -0.394. The summed E-state index contributed by atoms with van der Waals surface area (Å²) in [6.45, 7) is 30.1. The van der Waals surface area contributed by atoms with Crippen LogP contribution in [-0.2, 0) is 16.2 Å². The van der Waals surface area contributed by atoms with Gasteiger partial charge in [-0.3, -0.25) is 0 Å². The molecule has 2 aliphatic heterocycles. The van der Waals surface area contributed by atoms with Gasteiger partial charge in [0.1, 0.15) is 0 Å². The van der Waals surface area contributed by atoms with E-state index in [1.165, 1.54) is 121 Å². The summed E-state index contributed by atoms with van der Waals surface area (Å²) in [4.78, 5) is 5.54. The standard InChI is InChI=1S/C118H99BN4/c1-74-46-54-105-99(58-74)100-59-75(2)47-55-106(100)120(105)93-50-52-103-109(72-93)122(114-95(80-34-22-16-23-35-80)66-90(116(5,6)7)68-97(114)88-44-28-42-86(64-88)84-40-26-38-82(62-84)78-30-18-14-19-31-78)111-70-92(118(11,12)13)71-112-113(111)119(103)104-53-51-94(121-107-56-48-76(3)60-101(107)102-61-77(4)49-57-108(102)121)73-110(104)123(112)115-96(81-36-24-17-25-37-81)67-91(117(8,9)10)69-98(115)89-45-29-43-87(65-89)85-41-27-39-83(63-85)79-32-20-15-21-33-79/h14-73H,1-13H3. The number of aromatic nitrogens is 2. The van der Waals surface area contributed by atoms with Crippen molar-refractivity contribution in [3.63, 3.8) is 0 Å². The highest BCUT2D eigenvalue weighted by molar-refractivity contribution is 7.00. The number of hydrogen-bond acceptors (Lipinski definition) is 2. The van der Waals surface area contributed by atoms with Gasteiger partial charge in [0, 0.05) is 77.9 Å². The summed E-state index contributed by atoms with van der Waals surface area (Å²) in [5.41, 5.74) is 43.5. The van der Waals surface area contributed by atoms with E-state index in [4.69, 9.17) is 0 Å². The van der Waals surface area contributed by atoms with Crippen molar-refractivity contribution < 1.29 is 0 Å². The fourth-order valence-corrected chi connectivity index (χ4v) is 19.7. The summed E-state index contributed by atoms with van der Waals surface area (Å²) in [6.07, 6.45) is 0. The summed E-state index contributed by atoms with van der Waals surface area (Å²) < 4.78 is 5.09. The lowest BCUT2D eigenvalue weighted by Gasteiger charge is -2.47. The van der Waals surface area contributed by atoms with Crippen LogP contribution in [0.2, 0.25) is 0 Å². The Balaban J connectivity index is 0.924. The zero-order valence-electron chi connectivity index (χ0n) is 72.5. The smallest absolute Gasteiger partial charge is 0.252 e. The molecule has 0 bridgehead atoms. The van der Waals surface area contributed by atoms with Crippen LogP contribution in [0.25, 0.3) is 144 Å². The molecular formula is C118H99BN4. The molecular weight excluding hydrogens is 1480 g/mol. The van der Waals surface area contributed by atoms with E-state index in [0.717, 1.165) is 112 Å². The summed E-state index contributed by atoms with van der Waals surface area (Å²) in [6, 6.07) is 140. The van der Waals surface area contributed by atoms with Gasteiger partial charge in [-0.05, 0) is 277 Å². The molecule has 0 fully saturated rings. The molecule has 0 N–H and O–H groups in total. The van der Waals surface area contributed by atoms with Gasteiger partial charge in [0.05, 0.1) is 33.4 Å². The van der Waals surface area contributed by atoms with E-state index in [1.807, 2.05) is 0 Å². The molecule has 4 heterocycles. The van der Waals surface area contributed by atoms with Crippen LogP contribution in [0.1, 0.15) is 101 Å². The van der Waals surface area contributed by atoms with E-state index in [9.17, 15) is 0 Å².